The van der Waals surface area contributed by atoms with E-state index in [2.05, 4.69) is 4.98 Å². The van der Waals surface area contributed by atoms with Crippen LogP contribution in [0.15, 0.2) is 29.3 Å². The molecule has 1 aliphatic rings. The fraction of sp³-hybridized carbons (Fsp3) is 0.385. The number of hydrogen-bond acceptors (Lipinski definition) is 3. The maximum Gasteiger partial charge on any atom is 0.416 e. The molecular formula is C13H11F3N2O2. The van der Waals surface area contributed by atoms with Crippen LogP contribution in [0.5, 0.6) is 0 Å². The number of hydrogen-bond donors (Lipinski definition) is 0. The third kappa shape index (κ3) is 2.18. The van der Waals surface area contributed by atoms with Crippen LogP contribution in [0.3, 0.4) is 0 Å². The first-order valence-electron chi connectivity index (χ1n) is 6.12. The van der Waals surface area contributed by atoms with E-state index >= 15 is 0 Å². The quantitative estimate of drug-likeness (QED) is 0.807. The van der Waals surface area contributed by atoms with Crippen molar-refractivity contribution in [3.63, 3.8) is 0 Å². The van der Waals surface area contributed by atoms with Crippen LogP contribution in [0.25, 0.3) is 10.9 Å². The van der Waals surface area contributed by atoms with E-state index in [-0.39, 0.29) is 22.5 Å². The molecule has 2 heterocycles. The molecule has 1 atom stereocenters. The van der Waals surface area contributed by atoms with Crippen molar-refractivity contribution < 1.29 is 17.9 Å². The number of aromatic nitrogens is 2. The van der Waals surface area contributed by atoms with E-state index in [4.69, 9.17) is 4.74 Å². The summed E-state index contributed by atoms with van der Waals surface area (Å²) in [5.41, 5.74) is -1.09. The predicted octanol–water partition coefficient (Wildman–Crippen LogP) is 2.38. The second-order valence-electron chi connectivity index (χ2n) is 4.70. The lowest BCUT2D eigenvalue weighted by atomic mass is 10.1. The maximum absolute atomic E-state index is 12.6. The lowest BCUT2D eigenvalue weighted by Crippen LogP contribution is -2.25. The molecule has 0 saturated carbocycles. The van der Waals surface area contributed by atoms with Gasteiger partial charge < -0.3 is 4.74 Å². The minimum absolute atomic E-state index is 0.0555. The number of halogens is 3. The van der Waals surface area contributed by atoms with E-state index in [0.717, 1.165) is 12.1 Å². The summed E-state index contributed by atoms with van der Waals surface area (Å²) in [7, 11) is 0. The molecule has 0 N–H and O–H groups in total. The lowest BCUT2D eigenvalue weighted by Gasteiger charge is -2.13. The molecule has 0 unspecified atom stereocenters. The Morgan fingerprint density at radius 2 is 2.15 bits per heavy atom. The molecule has 7 heteroatoms. The summed E-state index contributed by atoms with van der Waals surface area (Å²) < 4.78 is 44.5. The first-order valence-corrected chi connectivity index (χ1v) is 6.12. The van der Waals surface area contributed by atoms with Crippen LogP contribution in [-0.4, -0.2) is 22.8 Å². The van der Waals surface area contributed by atoms with Crippen LogP contribution in [-0.2, 0) is 10.9 Å². The minimum atomic E-state index is -4.44. The van der Waals surface area contributed by atoms with E-state index in [0.29, 0.717) is 19.6 Å². The number of rotatable bonds is 1. The summed E-state index contributed by atoms with van der Waals surface area (Å²) in [6.45, 7) is 0.996. The largest absolute Gasteiger partial charge is 0.416 e. The Kier molecular flexibility index (Phi) is 3.01. The van der Waals surface area contributed by atoms with Gasteiger partial charge in [0, 0.05) is 6.61 Å². The smallest absolute Gasteiger partial charge is 0.379 e. The fourth-order valence-electron chi connectivity index (χ4n) is 2.31. The van der Waals surface area contributed by atoms with Crippen molar-refractivity contribution in [2.45, 2.75) is 18.6 Å². The highest BCUT2D eigenvalue weighted by Gasteiger charge is 2.31. The van der Waals surface area contributed by atoms with Gasteiger partial charge in [-0.1, -0.05) is 0 Å². The Morgan fingerprint density at radius 3 is 2.80 bits per heavy atom. The summed E-state index contributed by atoms with van der Waals surface area (Å²) in [6, 6.07) is 2.88. The molecule has 1 aliphatic heterocycles. The maximum atomic E-state index is 12.6. The van der Waals surface area contributed by atoms with Crippen LogP contribution in [0.2, 0.25) is 0 Å². The topological polar surface area (TPSA) is 44.1 Å². The van der Waals surface area contributed by atoms with Crippen molar-refractivity contribution in [3.8, 4) is 0 Å². The van der Waals surface area contributed by atoms with E-state index in [1.165, 1.54) is 17.0 Å². The Morgan fingerprint density at radius 1 is 1.35 bits per heavy atom. The van der Waals surface area contributed by atoms with Crippen molar-refractivity contribution >= 4 is 10.9 Å². The van der Waals surface area contributed by atoms with Gasteiger partial charge in [-0.2, -0.15) is 13.2 Å². The summed E-state index contributed by atoms with van der Waals surface area (Å²) in [5.74, 6) is 0. The second kappa shape index (κ2) is 4.59. The van der Waals surface area contributed by atoms with Gasteiger partial charge in [-0.05, 0) is 24.6 Å². The molecule has 0 spiro atoms. The Hall–Kier alpha value is -1.89. The molecule has 0 bridgehead atoms. The van der Waals surface area contributed by atoms with Crippen molar-refractivity contribution in [1.29, 1.82) is 0 Å². The highest BCUT2D eigenvalue weighted by molar-refractivity contribution is 5.78. The van der Waals surface area contributed by atoms with E-state index < -0.39 is 11.7 Å². The molecular weight excluding hydrogens is 273 g/mol. The van der Waals surface area contributed by atoms with Crippen molar-refractivity contribution in [2.75, 3.05) is 13.2 Å². The van der Waals surface area contributed by atoms with Crippen molar-refractivity contribution in [2.24, 2.45) is 0 Å². The molecule has 106 valence electrons. The molecule has 1 saturated heterocycles. The monoisotopic (exact) mass is 284 g/mol. The van der Waals surface area contributed by atoms with Gasteiger partial charge >= 0.3 is 6.18 Å². The van der Waals surface area contributed by atoms with Crippen LogP contribution >= 0.6 is 0 Å². The van der Waals surface area contributed by atoms with Crippen LogP contribution in [0, 0.1) is 0 Å². The van der Waals surface area contributed by atoms with Gasteiger partial charge in [-0.15, -0.1) is 0 Å². The van der Waals surface area contributed by atoms with Crippen LogP contribution in [0.4, 0.5) is 13.2 Å². The standard InChI is InChI=1S/C13H11F3N2O2/c14-13(15,16)8-1-2-10-11(5-8)17-7-18(12(10)19)9-3-4-20-6-9/h1-2,5,7,9H,3-4,6H2/t9-/m1/s1. The van der Waals surface area contributed by atoms with Gasteiger partial charge in [0.05, 0.1) is 35.4 Å². The number of nitrogens with zero attached hydrogens (tertiary/aromatic N) is 2. The third-order valence-electron chi connectivity index (χ3n) is 3.41. The molecule has 1 aromatic carbocycles. The molecule has 0 amide bonds. The molecule has 0 radical (unpaired) electrons. The SMILES string of the molecule is O=c1c2ccc(C(F)(F)F)cc2ncn1[C@@H]1CCOC1. The molecule has 4 nitrogen and oxygen atoms in total. The number of fused-ring (bicyclic) bond motifs is 1. The lowest BCUT2D eigenvalue weighted by molar-refractivity contribution is -0.137. The average Bonchev–Trinajstić information content (AvgIpc) is 2.91. The number of ether oxygens (including phenoxy) is 1. The first-order chi connectivity index (χ1) is 9.47. The molecule has 2 aromatic rings. The Labute approximate surface area is 111 Å². The number of alkyl halides is 3. The van der Waals surface area contributed by atoms with Gasteiger partial charge in [-0.25, -0.2) is 4.98 Å². The highest BCUT2D eigenvalue weighted by atomic mass is 19.4. The van der Waals surface area contributed by atoms with Crippen molar-refractivity contribution in [1.82, 2.24) is 9.55 Å². The van der Waals surface area contributed by atoms with Crippen LogP contribution in [0.1, 0.15) is 18.0 Å². The Bertz CT molecular complexity index is 703. The fourth-order valence-corrected chi connectivity index (χ4v) is 2.31. The zero-order valence-corrected chi connectivity index (χ0v) is 10.4. The molecule has 0 aliphatic carbocycles. The third-order valence-corrected chi connectivity index (χ3v) is 3.41. The van der Waals surface area contributed by atoms with E-state index in [1.54, 1.807) is 0 Å². The zero-order valence-electron chi connectivity index (χ0n) is 10.4. The van der Waals surface area contributed by atoms with Crippen LogP contribution < -0.4 is 5.56 Å². The van der Waals surface area contributed by atoms with E-state index in [9.17, 15) is 18.0 Å². The molecule has 3 rings (SSSR count). The average molecular weight is 284 g/mol. The van der Waals surface area contributed by atoms with Gasteiger partial charge in [0.15, 0.2) is 0 Å². The minimum Gasteiger partial charge on any atom is -0.379 e. The van der Waals surface area contributed by atoms with Gasteiger partial charge in [-0.3, -0.25) is 9.36 Å². The zero-order chi connectivity index (χ0) is 14.3. The first kappa shape index (κ1) is 13.1. The van der Waals surface area contributed by atoms with Gasteiger partial charge in [0.1, 0.15) is 0 Å². The van der Waals surface area contributed by atoms with Crippen molar-refractivity contribution in [3.05, 3.63) is 40.4 Å². The highest BCUT2D eigenvalue weighted by Crippen LogP contribution is 2.30. The van der Waals surface area contributed by atoms with Gasteiger partial charge in [0.2, 0.25) is 0 Å². The van der Waals surface area contributed by atoms with Gasteiger partial charge in [0.25, 0.3) is 5.56 Å². The molecule has 1 fully saturated rings. The predicted molar refractivity (Wildman–Crippen MR) is 65.5 cm³/mol. The summed E-state index contributed by atoms with van der Waals surface area (Å²) >= 11 is 0. The molecule has 20 heavy (non-hydrogen) atoms. The normalized spacial score (nSPS) is 19.6. The molecule has 1 aromatic heterocycles. The number of benzene rings is 1. The van der Waals surface area contributed by atoms with E-state index in [1.807, 2.05) is 0 Å². The summed E-state index contributed by atoms with van der Waals surface area (Å²) in [4.78, 5) is 16.2. The summed E-state index contributed by atoms with van der Waals surface area (Å²) in [5, 5.41) is 0.187. The summed E-state index contributed by atoms with van der Waals surface area (Å²) in [6.07, 6.45) is -2.44. The Balaban J connectivity index is 2.12. The second-order valence-corrected chi connectivity index (χ2v) is 4.70.